The van der Waals surface area contributed by atoms with Crippen molar-refractivity contribution in [1.82, 2.24) is 25.8 Å². The Balaban J connectivity index is 1.49. The summed E-state index contributed by atoms with van der Waals surface area (Å²) >= 11 is 0. The molecule has 2 fully saturated rings. The van der Waals surface area contributed by atoms with E-state index in [0.717, 1.165) is 26.2 Å². The highest BCUT2D eigenvalue weighted by molar-refractivity contribution is 5.84. The van der Waals surface area contributed by atoms with Crippen LogP contribution in [-0.2, 0) is 4.79 Å². The highest BCUT2D eigenvalue weighted by atomic mass is 16.6. The van der Waals surface area contributed by atoms with Crippen molar-refractivity contribution < 1.29 is 14.2 Å². The Morgan fingerprint density at radius 1 is 1.62 bits per heavy atom. The van der Waals surface area contributed by atoms with Gasteiger partial charge in [0.1, 0.15) is 12.3 Å². The largest absolute Gasteiger partial charge is 0.472 e. The van der Waals surface area contributed by atoms with E-state index in [1.807, 2.05) is 0 Å². The zero-order valence-corrected chi connectivity index (χ0v) is 12.4. The molecule has 0 aromatic carbocycles. The summed E-state index contributed by atoms with van der Waals surface area (Å²) in [4.78, 5) is 14.8. The van der Waals surface area contributed by atoms with Gasteiger partial charge in [-0.1, -0.05) is 5.16 Å². The molecular formula is C13H21N5O3. The number of hydrogen-bond acceptors (Lipinski definition) is 7. The van der Waals surface area contributed by atoms with E-state index in [1.165, 1.54) is 0 Å². The standard InChI is InChI=1S/C13H21N5O3/c1-9-11(17-21-16-9)20-4-3-15-12(19)13-7-14-5-10(13)6-18(2)8-13/h10,14H,3-8H2,1-2H3,(H,15,19)/t10-,13-/m1/s1. The number of amides is 1. The van der Waals surface area contributed by atoms with Crippen molar-refractivity contribution in [3.05, 3.63) is 5.69 Å². The number of hydrogen-bond donors (Lipinski definition) is 2. The summed E-state index contributed by atoms with van der Waals surface area (Å²) < 4.78 is 9.96. The molecule has 21 heavy (non-hydrogen) atoms. The molecule has 116 valence electrons. The summed E-state index contributed by atoms with van der Waals surface area (Å²) in [7, 11) is 2.07. The lowest BCUT2D eigenvalue weighted by molar-refractivity contribution is -0.130. The molecular weight excluding hydrogens is 274 g/mol. The first-order valence-electron chi connectivity index (χ1n) is 7.21. The van der Waals surface area contributed by atoms with Crippen LogP contribution in [0.2, 0.25) is 0 Å². The van der Waals surface area contributed by atoms with Gasteiger partial charge in [-0.15, -0.1) is 0 Å². The molecule has 0 spiro atoms. The average molecular weight is 295 g/mol. The molecule has 8 heteroatoms. The van der Waals surface area contributed by atoms with Crippen molar-refractivity contribution in [2.24, 2.45) is 11.3 Å². The molecule has 0 bridgehead atoms. The van der Waals surface area contributed by atoms with E-state index in [4.69, 9.17) is 4.74 Å². The van der Waals surface area contributed by atoms with Gasteiger partial charge in [0.25, 0.3) is 5.88 Å². The minimum Gasteiger partial charge on any atom is -0.472 e. The summed E-state index contributed by atoms with van der Waals surface area (Å²) in [6, 6.07) is 0. The van der Waals surface area contributed by atoms with E-state index in [1.54, 1.807) is 6.92 Å². The lowest BCUT2D eigenvalue weighted by Crippen LogP contribution is -2.48. The SMILES string of the molecule is Cc1nonc1OCCNC(=O)[C@@]12CNC[C@@H]1CN(C)C2. The molecule has 0 unspecified atom stereocenters. The van der Waals surface area contributed by atoms with Gasteiger partial charge in [0, 0.05) is 32.1 Å². The summed E-state index contributed by atoms with van der Waals surface area (Å²) in [5.41, 5.74) is 0.317. The number of carbonyl (C=O) groups is 1. The molecule has 2 aliphatic rings. The second-order valence-electron chi connectivity index (χ2n) is 5.94. The third-order valence-corrected chi connectivity index (χ3v) is 4.39. The smallest absolute Gasteiger partial charge is 0.278 e. The van der Waals surface area contributed by atoms with Gasteiger partial charge < -0.3 is 20.3 Å². The Morgan fingerprint density at radius 3 is 3.24 bits per heavy atom. The Hall–Kier alpha value is -1.67. The highest BCUT2D eigenvalue weighted by Crippen LogP contribution is 2.38. The fraction of sp³-hybridized carbons (Fsp3) is 0.769. The van der Waals surface area contributed by atoms with Gasteiger partial charge in [-0.2, -0.15) is 0 Å². The van der Waals surface area contributed by atoms with Crippen LogP contribution in [0.4, 0.5) is 0 Å². The molecule has 0 saturated carbocycles. The van der Waals surface area contributed by atoms with Crippen molar-refractivity contribution in [2.75, 3.05) is 46.4 Å². The zero-order valence-electron chi connectivity index (χ0n) is 12.4. The van der Waals surface area contributed by atoms with Crippen LogP contribution in [0.15, 0.2) is 4.63 Å². The number of rotatable bonds is 5. The summed E-state index contributed by atoms with van der Waals surface area (Å²) in [6.07, 6.45) is 0. The van der Waals surface area contributed by atoms with Crippen LogP contribution in [0.3, 0.4) is 0 Å². The molecule has 2 aliphatic heterocycles. The van der Waals surface area contributed by atoms with Gasteiger partial charge in [-0.05, 0) is 19.1 Å². The Kier molecular flexibility index (Phi) is 3.81. The monoisotopic (exact) mass is 295 g/mol. The number of carbonyl (C=O) groups excluding carboxylic acids is 1. The Labute approximate surface area is 123 Å². The number of aromatic nitrogens is 2. The second-order valence-corrected chi connectivity index (χ2v) is 5.94. The molecule has 0 aliphatic carbocycles. The minimum atomic E-state index is -0.292. The van der Waals surface area contributed by atoms with Crippen molar-refractivity contribution in [3.63, 3.8) is 0 Å². The molecule has 0 radical (unpaired) electrons. The first kappa shape index (κ1) is 14.3. The van der Waals surface area contributed by atoms with Crippen LogP contribution in [0.1, 0.15) is 5.69 Å². The number of ether oxygens (including phenoxy) is 1. The number of fused-ring (bicyclic) bond motifs is 1. The van der Waals surface area contributed by atoms with Gasteiger partial charge in [0.2, 0.25) is 5.91 Å². The van der Waals surface area contributed by atoms with Crippen LogP contribution < -0.4 is 15.4 Å². The quantitative estimate of drug-likeness (QED) is 0.675. The second kappa shape index (κ2) is 5.61. The zero-order chi connectivity index (χ0) is 14.9. The maximum absolute atomic E-state index is 12.5. The lowest BCUT2D eigenvalue weighted by atomic mass is 9.80. The number of nitrogens with one attached hydrogen (secondary N) is 2. The third kappa shape index (κ3) is 2.60. The summed E-state index contributed by atoms with van der Waals surface area (Å²) in [6.45, 7) is 6.00. The van der Waals surface area contributed by atoms with E-state index in [9.17, 15) is 4.79 Å². The normalized spacial score (nSPS) is 28.6. The van der Waals surface area contributed by atoms with E-state index < -0.39 is 0 Å². The maximum Gasteiger partial charge on any atom is 0.278 e. The van der Waals surface area contributed by atoms with Crippen molar-refractivity contribution in [1.29, 1.82) is 0 Å². The lowest BCUT2D eigenvalue weighted by Gasteiger charge is -2.26. The van der Waals surface area contributed by atoms with Gasteiger partial charge in [-0.25, -0.2) is 4.63 Å². The van der Waals surface area contributed by atoms with Crippen LogP contribution >= 0.6 is 0 Å². The molecule has 3 rings (SSSR count). The number of nitrogens with zero attached hydrogens (tertiary/aromatic N) is 3. The molecule has 1 amide bonds. The predicted molar refractivity (Wildman–Crippen MR) is 73.8 cm³/mol. The van der Waals surface area contributed by atoms with Gasteiger partial charge >= 0.3 is 0 Å². The average Bonchev–Trinajstić information content (AvgIpc) is 3.09. The van der Waals surface area contributed by atoms with Crippen molar-refractivity contribution in [2.45, 2.75) is 6.92 Å². The molecule has 2 saturated heterocycles. The molecule has 3 heterocycles. The van der Waals surface area contributed by atoms with Gasteiger partial charge in [-0.3, -0.25) is 4.79 Å². The summed E-state index contributed by atoms with van der Waals surface area (Å²) in [5.74, 6) is 0.884. The van der Waals surface area contributed by atoms with E-state index in [-0.39, 0.29) is 11.3 Å². The fourth-order valence-electron chi connectivity index (χ4n) is 3.34. The number of likely N-dealkylation sites (tertiary alicyclic amines) is 1. The Bertz CT molecular complexity index is 520. The maximum atomic E-state index is 12.5. The van der Waals surface area contributed by atoms with Crippen LogP contribution in [-0.4, -0.2) is 67.5 Å². The van der Waals surface area contributed by atoms with E-state index in [0.29, 0.717) is 30.6 Å². The van der Waals surface area contributed by atoms with Crippen LogP contribution in [0.5, 0.6) is 5.88 Å². The van der Waals surface area contributed by atoms with Crippen molar-refractivity contribution >= 4 is 5.91 Å². The molecule has 2 atom stereocenters. The van der Waals surface area contributed by atoms with E-state index in [2.05, 4.69) is 37.5 Å². The van der Waals surface area contributed by atoms with E-state index >= 15 is 0 Å². The molecule has 1 aromatic heterocycles. The third-order valence-electron chi connectivity index (χ3n) is 4.39. The summed E-state index contributed by atoms with van der Waals surface area (Å²) in [5, 5.41) is 13.6. The van der Waals surface area contributed by atoms with Crippen LogP contribution in [0, 0.1) is 18.3 Å². The van der Waals surface area contributed by atoms with Crippen molar-refractivity contribution in [3.8, 4) is 5.88 Å². The predicted octanol–water partition coefficient (Wildman–Crippen LogP) is -0.976. The van der Waals surface area contributed by atoms with Gasteiger partial charge in [0.05, 0.1) is 12.0 Å². The highest BCUT2D eigenvalue weighted by Gasteiger charge is 2.53. The Morgan fingerprint density at radius 2 is 2.48 bits per heavy atom. The molecule has 1 aromatic rings. The topological polar surface area (TPSA) is 92.5 Å². The first-order chi connectivity index (χ1) is 10.1. The molecule has 2 N–H and O–H groups in total. The van der Waals surface area contributed by atoms with Gasteiger partial charge in [0.15, 0.2) is 0 Å². The number of aryl methyl sites for hydroxylation is 1. The molecule has 8 nitrogen and oxygen atoms in total. The first-order valence-corrected chi connectivity index (χ1v) is 7.21. The van der Waals surface area contributed by atoms with Crippen LogP contribution in [0.25, 0.3) is 0 Å². The minimum absolute atomic E-state index is 0.112. The fourth-order valence-corrected chi connectivity index (χ4v) is 3.34.